The molecule has 0 saturated carbocycles. The molecule has 1 aromatic heterocycles. The fourth-order valence-electron chi connectivity index (χ4n) is 2.30. The maximum absolute atomic E-state index is 12.3. The Morgan fingerprint density at radius 2 is 2.22 bits per heavy atom. The SMILES string of the molecule is Cc1cc(C)n(CC(=O)N2C[C@@H](C)OC[C@H]2C)n1. The normalized spacial score (nSPS) is 24.3. The molecule has 2 heterocycles. The van der Waals surface area contributed by atoms with Gasteiger partial charge < -0.3 is 9.64 Å². The Bertz CT molecular complexity index is 441. The van der Waals surface area contributed by atoms with Crippen molar-refractivity contribution in [2.24, 2.45) is 0 Å². The molecule has 1 amide bonds. The first kappa shape index (κ1) is 13.1. The summed E-state index contributed by atoms with van der Waals surface area (Å²) < 4.78 is 7.30. The van der Waals surface area contributed by atoms with E-state index >= 15 is 0 Å². The highest BCUT2D eigenvalue weighted by Crippen LogP contribution is 2.12. The molecule has 0 unspecified atom stereocenters. The third kappa shape index (κ3) is 2.72. The summed E-state index contributed by atoms with van der Waals surface area (Å²) in [7, 11) is 0. The number of amides is 1. The molecule has 0 N–H and O–H groups in total. The van der Waals surface area contributed by atoms with E-state index in [2.05, 4.69) is 5.10 Å². The first-order chi connectivity index (χ1) is 8.47. The second-order valence-electron chi connectivity index (χ2n) is 5.12. The third-order valence-electron chi connectivity index (χ3n) is 3.32. The standard InChI is InChI=1S/C13H21N3O2/c1-9-5-10(2)16(14-9)7-13(17)15-6-12(4)18-8-11(15)3/h5,11-12H,6-8H2,1-4H3/t11-,12-/m1/s1. The Kier molecular flexibility index (Phi) is 3.71. The highest BCUT2D eigenvalue weighted by atomic mass is 16.5. The van der Waals surface area contributed by atoms with Gasteiger partial charge >= 0.3 is 0 Å². The quantitative estimate of drug-likeness (QED) is 0.792. The molecule has 1 aliphatic heterocycles. The van der Waals surface area contributed by atoms with Crippen molar-refractivity contribution in [1.29, 1.82) is 0 Å². The lowest BCUT2D eigenvalue weighted by atomic mass is 10.2. The van der Waals surface area contributed by atoms with Crippen molar-refractivity contribution in [3.05, 3.63) is 17.5 Å². The van der Waals surface area contributed by atoms with Crippen molar-refractivity contribution in [2.75, 3.05) is 13.2 Å². The van der Waals surface area contributed by atoms with Crippen LogP contribution in [0.25, 0.3) is 0 Å². The topological polar surface area (TPSA) is 47.4 Å². The average Bonchev–Trinajstić information content (AvgIpc) is 2.61. The fourth-order valence-corrected chi connectivity index (χ4v) is 2.30. The van der Waals surface area contributed by atoms with E-state index in [-0.39, 0.29) is 18.1 Å². The highest BCUT2D eigenvalue weighted by molar-refractivity contribution is 5.76. The first-order valence-corrected chi connectivity index (χ1v) is 6.39. The van der Waals surface area contributed by atoms with Gasteiger partial charge in [0.1, 0.15) is 6.54 Å². The Hall–Kier alpha value is -1.36. The summed E-state index contributed by atoms with van der Waals surface area (Å²) in [5.74, 6) is 0.115. The number of ether oxygens (including phenoxy) is 1. The second kappa shape index (κ2) is 5.10. The third-order valence-corrected chi connectivity index (χ3v) is 3.32. The van der Waals surface area contributed by atoms with E-state index in [0.717, 1.165) is 11.4 Å². The number of rotatable bonds is 2. The molecule has 0 bridgehead atoms. The Morgan fingerprint density at radius 3 is 2.83 bits per heavy atom. The summed E-state index contributed by atoms with van der Waals surface area (Å²) in [5, 5.41) is 4.33. The minimum Gasteiger partial charge on any atom is -0.375 e. The number of aromatic nitrogens is 2. The molecule has 0 aliphatic carbocycles. The number of nitrogens with zero attached hydrogens (tertiary/aromatic N) is 3. The molecular weight excluding hydrogens is 230 g/mol. The molecule has 1 aromatic rings. The lowest BCUT2D eigenvalue weighted by molar-refractivity contribution is -0.144. The smallest absolute Gasteiger partial charge is 0.244 e. The molecule has 5 heteroatoms. The molecule has 1 aliphatic rings. The van der Waals surface area contributed by atoms with Crippen LogP contribution in [0.3, 0.4) is 0 Å². The van der Waals surface area contributed by atoms with Gasteiger partial charge in [-0.1, -0.05) is 0 Å². The van der Waals surface area contributed by atoms with Crippen molar-refractivity contribution in [1.82, 2.24) is 14.7 Å². The van der Waals surface area contributed by atoms with E-state index in [1.165, 1.54) is 0 Å². The molecule has 2 rings (SSSR count). The molecule has 2 atom stereocenters. The number of hydrogen-bond donors (Lipinski definition) is 0. The molecule has 5 nitrogen and oxygen atoms in total. The van der Waals surface area contributed by atoms with Crippen molar-refractivity contribution in [3.8, 4) is 0 Å². The zero-order valence-corrected chi connectivity index (χ0v) is 11.5. The van der Waals surface area contributed by atoms with Crippen molar-refractivity contribution >= 4 is 5.91 Å². The zero-order chi connectivity index (χ0) is 13.3. The predicted molar refractivity (Wildman–Crippen MR) is 68.3 cm³/mol. The van der Waals surface area contributed by atoms with Crippen LogP contribution < -0.4 is 0 Å². The van der Waals surface area contributed by atoms with Crippen LogP contribution >= 0.6 is 0 Å². The van der Waals surface area contributed by atoms with Crippen LogP contribution in [0.4, 0.5) is 0 Å². The molecule has 1 fully saturated rings. The van der Waals surface area contributed by atoms with E-state index in [9.17, 15) is 4.79 Å². The van der Waals surface area contributed by atoms with Crippen molar-refractivity contribution in [2.45, 2.75) is 46.4 Å². The van der Waals surface area contributed by atoms with E-state index in [4.69, 9.17) is 4.74 Å². The van der Waals surface area contributed by atoms with Gasteiger partial charge in [0.15, 0.2) is 0 Å². The van der Waals surface area contributed by atoms with Crippen LogP contribution in [0, 0.1) is 13.8 Å². The van der Waals surface area contributed by atoms with E-state index in [1.807, 2.05) is 38.7 Å². The number of morpholine rings is 1. The molecule has 1 saturated heterocycles. The van der Waals surface area contributed by atoms with Crippen molar-refractivity contribution < 1.29 is 9.53 Å². The maximum atomic E-state index is 12.3. The van der Waals surface area contributed by atoms with Gasteiger partial charge in [-0.15, -0.1) is 0 Å². The minimum absolute atomic E-state index is 0.115. The summed E-state index contributed by atoms with van der Waals surface area (Å²) >= 11 is 0. The average molecular weight is 251 g/mol. The van der Waals surface area contributed by atoms with Crippen LogP contribution in [0.5, 0.6) is 0 Å². The van der Waals surface area contributed by atoms with Crippen LogP contribution in [0.2, 0.25) is 0 Å². The molecular formula is C13H21N3O2. The van der Waals surface area contributed by atoms with Gasteiger partial charge in [-0.2, -0.15) is 5.10 Å². The van der Waals surface area contributed by atoms with Crippen LogP contribution in [0.1, 0.15) is 25.2 Å². The van der Waals surface area contributed by atoms with Crippen LogP contribution in [-0.4, -0.2) is 45.9 Å². The summed E-state index contributed by atoms with van der Waals surface area (Å²) in [6.45, 7) is 9.52. The van der Waals surface area contributed by atoms with Gasteiger partial charge in [0.25, 0.3) is 0 Å². The lowest BCUT2D eigenvalue weighted by Crippen LogP contribution is -2.51. The highest BCUT2D eigenvalue weighted by Gasteiger charge is 2.27. The Labute approximate surface area is 108 Å². The van der Waals surface area contributed by atoms with Gasteiger partial charge in [0.2, 0.25) is 5.91 Å². The number of hydrogen-bond acceptors (Lipinski definition) is 3. The Balaban J connectivity index is 2.05. The Morgan fingerprint density at radius 1 is 1.50 bits per heavy atom. The van der Waals surface area contributed by atoms with E-state index in [1.54, 1.807) is 4.68 Å². The fraction of sp³-hybridized carbons (Fsp3) is 0.692. The largest absolute Gasteiger partial charge is 0.375 e. The van der Waals surface area contributed by atoms with Crippen LogP contribution in [-0.2, 0) is 16.1 Å². The maximum Gasteiger partial charge on any atom is 0.244 e. The van der Waals surface area contributed by atoms with Gasteiger partial charge in [-0.25, -0.2) is 0 Å². The number of aryl methyl sites for hydroxylation is 2. The van der Waals surface area contributed by atoms with Crippen LogP contribution in [0.15, 0.2) is 6.07 Å². The second-order valence-corrected chi connectivity index (χ2v) is 5.12. The summed E-state index contributed by atoms with van der Waals surface area (Å²) in [6, 6.07) is 2.13. The molecule has 0 spiro atoms. The first-order valence-electron chi connectivity index (χ1n) is 6.39. The molecule has 100 valence electrons. The number of carbonyl (C=O) groups excluding carboxylic acids is 1. The monoisotopic (exact) mass is 251 g/mol. The van der Waals surface area contributed by atoms with Crippen molar-refractivity contribution in [3.63, 3.8) is 0 Å². The lowest BCUT2D eigenvalue weighted by Gasteiger charge is -2.36. The predicted octanol–water partition coefficient (Wildman–Crippen LogP) is 1.14. The van der Waals surface area contributed by atoms with E-state index < -0.39 is 0 Å². The summed E-state index contributed by atoms with van der Waals surface area (Å²) in [6.07, 6.45) is 0.116. The molecule has 0 aromatic carbocycles. The summed E-state index contributed by atoms with van der Waals surface area (Å²) in [5.41, 5.74) is 1.97. The molecule has 0 radical (unpaired) electrons. The summed E-state index contributed by atoms with van der Waals surface area (Å²) in [4.78, 5) is 14.2. The van der Waals surface area contributed by atoms with Gasteiger partial charge in [0.05, 0.1) is 24.4 Å². The van der Waals surface area contributed by atoms with Gasteiger partial charge in [-0.3, -0.25) is 9.48 Å². The molecule has 18 heavy (non-hydrogen) atoms. The number of carbonyl (C=O) groups is 1. The van der Waals surface area contributed by atoms with Gasteiger partial charge in [0, 0.05) is 12.2 Å². The van der Waals surface area contributed by atoms with E-state index in [0.29, 0.717) is 19.7 Å². The zero-order valence-electron chi connectivity index (χ0n) is 11.5. The minimum atomic E-state index is 0.115. The van der Waals surface area contributed by atoms with Gasteiger partial charge in [-0.05, 0) is 33.8 Å².